The van der Waals surface area contributed by atoms with Crippen LogP contribution in [-0.2, 0) is 6.42 Å². The predicted octanol–water partition coefficient (Wildman–Crippen LogP) is 2.81. The van der Waals surface area contributed by atoms with Gasteiger partial charge >= 0.3 is 0 Å². The molecular weight excluding hydrogens is 300 g/mol. The smallest absolute Gasteiger partial charge is 0.271 e. The number of nitrogens with one attached hydrogen (secondary N) is 1. The van der Waals surface area contributed by atoms with Gasteiger partial charge in [-0.1, -0.05) is 38.1 Å². The molecule has 0 aliphatic carbocycles. The number of amides is 1. The Kier molecular flexibility index (Phi) is 5.30. The van der Waals surface area contributed by atoms with E-state index in [9.17, 15) is 4.79 Å². The van der Waals surface area contributed by atoms with E-state index in [0.717, 1.165) is 56.8 Å². The fourth-order valence-corrected chi connectivity index (χ4v) is 3.15. The average molecular weight is 326 g/mol. The summed E-state index contributed by atoms with van der Waals surface area (Å²) >= 11 is 0. The second-order valence-corrected chi connectivity index (χ2v) is 6.35. The molecule has 2 heterocycles. The molecule has 24 heavy (non-hydrogen) atoms. The molecule has 0 atom stereocenters. The van der Waals surface area contributed by atoms with E-state index in [2.05, 4.69) is 53.2 Å². The van der Waals surface area contributed by atoms with Gasteiger partial charge in [0, 0.05) is 31.7 Å². The van der Waals surface area contributed by atoms with Crippen molar-refractivity contribution in [2.24, 2.45) is 0 Å². The van der Waals surface area contributed by atoms with Crippen LogP contribution in [0.1, 0.15) is 36.3 Å². The van der Waals surface area contributed by atoms with Crippen LogP contribution in [0.3, 0.4) is 0 Å². The highest BCUT2D eigenvalue weighted by Crippen LogP contribution is 2.19. The van der Waals surface area contributed by atoms with Crippen LogP contribution in [0.4, 0.5) is 0 Å². The largest absolute Gasteiger partial charge is 0.335 e. The number of hydrogen-bond acceptors (Lipinski definition) is 3. The Morgan fingerprint density at radius 2 is 1.83 bits per heavy atom. The predicted molar refractivity (Wildman–Crippen MR) is 96.0 cm³/mol. The molecule has 5 heteroatoms. The van der Waals surface area contributed by atoms with Gasteiger partial charge in [0.2, 0.25) is 0 Å². The molecule has 1 aromatic carbocycles. The summed E-state index contributed by atoms with van der Waals surface area (Å²) in [6.07, 6.45) is 2.18. The normalized spacial score (nSPS) is 15.7. The number of nitrogens with zero attached hydrogens (tertiary/aromatic N) is 3. The maximum atomic E-state index is 12.6. The molecule has 1 aromatic heterocycles. The van der Waals surface area contributed by atoms with Crippen LogP contribution in [0.2, 0.25) is 0 Å². The van der Waals surface area contributed by atoms with Crippen molar-refractivity contribution in [3.8, 4) is 11.3 Å². The third-order valence-electron chi connectivity index (χ3n) is 4.67. The summed E-state index contributed by atoms with van der Waals surface area (Å²) in [7, 11) is 0. The van der Waals surface area contributed by atoms with Gasteiger partial charge in [0.05, 0.1) is 5.69 Å². The van der Waals surface area contributed by atoms with Gasteiger partial charge in [0.15, 0.2) is 0 Å². The molecule has 3 rings (SSSR count). The highest BCUT2D eigenvalue weighted by Gasteiger charge is 2.23. The second kappa shape index (κ2) is 7.62. The molecule has 2 aromatic rings. The number of aromatic nitrogens is 2. The van der Waals surface area contributed by atoms with Crippen LogP contribution in [0.25, 0.3) is 11.3 Å². The monoisotopic (exact) mass is 326 g/mol. The molecule has 1 aliphatic heterocycles. The molecular formula is C19H26N4O. The van der Waals surface area contributed by atoms with Crippen LogP contribution in [0.5, 0.6) is 0 Å². The maximum absolute atomic E-state index is 12.6. The summed E-state index contributed by atoms with van der Waals surface area (Å²) in [5.74, 6) is 0.0510. The molecule has 0 spiro atoms. The Labute approximate surface area is 143 Å². The molecule has 5 nitrogen and oxygen atoms in total. The molecule has 1 fully saturated rings. The quantitative estimate of drug-likeness (QED) is 0.919. The second-order valence-electron chi connectivity index (χ2n) is 6.35. The number of H-pyrrole nitrogens is 1. The summed E-state index contributed by atoms with van der Waals surface area (Å²) in [5.41, 5.74) is 3.74. The van der Waals surface area contributed by atoms with Gasteiger partial charge in [0.1, 0.15) is 5.69 Å². The van der Waals surface area contributed by atoms with Crippen LogP contribution in [0.15, 0.2) is 30.3 Å². The summed E-state index contributed by atoms with van der Waals surface area (Å²) in [6, 6.07) is 10.2. The average Bonchev–Trinajstić information content (AvgIpc) is 3.12. The number of benzene rings is 1. The van der Waals surface area contributed by atoms with E-state index in [-0.39, 0.29) is 5.91 Å². The number of hydrogen-bond donors (Lipinski definition) is 1. The van der Waals surface area contributed by atoms with E-state index in [0.29, 0.717) is 5.69 Å². The summed E-state index contributed by atoms with van der Waals surface area (Å²) in [5, 5.41) is 7.23. The van der Waals surface area contributed by atoms with E-state index in [1.54, 1.807) is 0 Å². The van der Waals surface area contributed by atoms with Crippen LogP contribution >= 0.6 is 0 Å². The Hall–Kier alpha value is -2.14. The van der Waals surface area contributed by atoms with Gasteiger partial charge in [0.25, 0.3) is 5.91 Å². The number of piperazine rings is 1. The van der Waals surface area contributed by atoms with Crippen LogP contribution in [-0.4, -0.2) is 58.6 Å². The highest BCUT2D eigenvalue weighted by atomic mass is 16.2. The third kappa shape index (κ3) is 3.67. The number of aryl methyl sites for hydroxylation is 1. The number of carbonyl (C=O) groups is 1. The topological polar surface area (TPSA) is 52.2 Å². The summed E-state index contributed by atoms with van der Waals surface area (Å²) in [4.78, 5) is 17.0. The number of carbonyl (C=O) groups excluding carboxylic acids is 1. The number of rotatable bonds is 5. The third-order valence-corrected chi connectivity index (χ3v) is 4.67. The van der Waals surface area contributed by atoms with Crippen LogP contribution < -0.4 is 0 Å². The van der Waals surface area contributed by atoms with Gasteiger partial charge in [-0.05, 0) is 31.0 Å². The van der Waals surface area contributed by atoms with E-state index >= 15 is 0 Å². The van der Waals surface area contributed by atoms with Gasteiger partial charge in [-0.15, -0.1) is 0 Å². The zero-order valence-electron chi connectivity index (χ0n) is 14.6. The fraction of sp³-hybridized carbons (Fsp3) is 0.474. The molecule has 1 aliphatic rings. The first-order valence-electron chi connectivity index (χ1n) is 8.87. The van der Waals surface area contributed by atoms with Gasteiger partial charge in [-0.2, -0.15) is 5.10 Å². The summed E-state index contributed by atoms with van der Waals surface area (Å²) in [6.45, 7) is 8.94. The van der Waals surface area contributed by atoms with E-state index in [1.165, 1.54) is 5.56 Å². The minimum Gasteiger partial charge on any atom is -0.335 e. The zero-order valence-corrected chi connectivity index (χ0v) is 14.6. The molecule has 1 saturated heterocycles. The van der Waals surface area contributed by atoms with Crippen molar-refractivity contribution in [1.29, 1.82) is 0 Å². The van der Waals surface area contributed by atoms with Gasteiger partial charge in [-0.25, -0.2) is 0 Å². The van der Waals surface area contributed by atoms with Crippen molar-refractivity contribution in [2.45, 2.75) is 26.7 Å². The molecule has 1 N–H and O–H groups in total. The lowest BCUT2D eigenvalue weighted by atomic mass is 10.1. The first kappa shape index (κ1) is 16.7. The van der Waals surface area contributed by atoms with Crippen molar-refractivity contribution >= 4 is 5.91 Å². The van der Waals surface area contributed by atoms with E-state index < -0.39 is 0 Å². The molecule has 0 unspecified atom stereocenters. The Bertz CT molecular complexity index is 669. The van der Waals surface area contributed by atoms with Crippen molar-refractivity contribution in [3.05, 3.63) is 41.6 Å². The fourth-order valence-electron chi connectivity index (χ4n) is 3.15. The molecule has 0 bridgehead atoms. The van der Waals surface area contributed by atoms with Crippen molar-refractivity contribution in [1.82, 2.24) is 20.0 Å². The van der Waals surface area contributed by atoms with E-state index in [4.69, 9.17) is 0 Å². The Balaban J connectivity index is 1.65. The lowest BCUT2D eigenvalue weighted by Crippen LogP contribution is -2.48. The maximum Gasteiger partial charge on any atom is 0.271 e. The van der Waals surface area contributed by atoms with Crippen LogP contribution in [0, 0.1) is 0 Å². The van der Waals surface area contributed by atoms with Crippen molar-refractivity contribution in [3.63, 3.8) is 0 Å². The SMILES string of the molecule is CCCN1CCN(C(=O)c2cc(-c3ccc(CC)cc3)n[nH]2)CC1. The Morgan fingerprint density at radius 1 is 1.12 bits per heavy atom. The van der Waals surface area contributed by atoms with E-state index in [1.807, 2.05) is 11.0 Å². The zero-order chi connectivity index (χ0) is 16.9. The highest BCUT2D eigenvalue weighted by molar-refractivity contribution is 5.93. The molecule has 128 valence electrons. The van der Waals surface area contributed by atoms with Crippen molar-refractivity contribution in [2.75, 3.05) is 32.7 Å². The molecule has 0 radical (unpaired) electrons. The number of aromatic amines is 1. The Morgan fingerprint density at radius 3 is 2.46 bits per heavy atom. The summed E-state index contributed by atoms with van der Waals surface area (Å²) < 4.78 is 0. The van der Waals surface area contributed by atoms with Crippen molar-refractivity contribution < 1.29 is 4.79 Å². The minimum absolute atomic E-state index is 0.0510. The lowest BCUT2D eigenvalue weighted by molar-refractivity contribution is 0.0631. The van der Waals surface area contributed by atoms with Gasteiger partial charge < -0.3 is 4.90 Å². The first-order chi connectivity index (χ1) is 11.7. The standard InChI is InChI=1S/C19H26N4O/c1-3-9-22-10-12-23(13-11-22)19(24)18-14-17(20-21-18)16-7-5-15(4-2)6-8-16/h5-8,14H,3-4,9-13H2,1-2H3,(H,20,21). The molecule has 1 amide bonds. The minimum atomic E-state index is 0.0510. The van der Waals surface area contributed by atoms with Gasteiger partial charge in [-0.3, -0.25) is 14.8 Å². The first-order valence-corrected chi connectivity index (χ1v) is 8.87. The lowest BCUT2D eigenvalue weighted by Gasteiger charge is -2.34. The molecule has 0 saturated carbocycles.